The van der Waals surface area contributed by atoms with Crippen LogP contribution in [0, 0.1) is 0 Å². The molecular weight excluding hydrogens is 242 g/mol. The van der Waals surface area contributed by atoms with Crippen LogP contribution in [0.4, 0.5) is 0 Å². The molecule has 2 rings (SSSR count). The zero-order valence-corrected chi connectivity index (χ0v) is 10.9. The summed E-state index contributed by atoms with van der Waals surface area (Å²) in [6.45, 7) is 2.45. The van der Waals surface area contributed by atoms with E-state index in [9.17, 15) is 0 Å². The molecule has 19 heavy (non-hydrogen) atoms. The van der Waals surface area contributed by atoms with E-state index in [1.54, 1.807) is 4.68 Å². The summed E-state index contributed by atoms with van der Waals surface area (Å²) in [4.78, 5) is 4.27. The topological polar surface area (TPSA) is 75.9 Å². The number of aliphatic hydroxyl groups excluding tert-OH is 1. The number of hydrogen-bond donors (Lipinski definition) is 2. The van der Waals surface area contributed by atoms with Gasteiger partial charge in [0.05, 0.1) is 5.69 Å². The molecule has 0 bridgehead atoms. The third-order valence-corrected chi connectivity index (χ3v) is 2.72. The van der Waals surface area contributed by atoms with Gasteiger partial charge in [-0.1, -0.05) is 11.3 Å². The van der Waals surface area contributed by atoms with Crippen molar-refractivity contribution in [2.45, 2.75) is 25.9 Å². The largest absolute Gasteiger partial charge is 0.396 e. The van der Waals surface area contributed by atoms with Crippen molar-refractivity contribution >= 4 is 0 Å². The number of nitrogens with zero attached hydrogens (tertiary/aromatic N) is 4. The quantitative estimate of drug-likeness (QED) is 0.672. The van der Waals surface area contributed by atoms with Gasteiger partial charge in [-0.2, -0.15) is 0 Å². The van der Waals surface area contributed by atoms with Crippen molar-refractivity contribution in [3.8, 4) is 0 Å². The maximum absolute atomic E-state index is 8.74. The Labute approximate surface area is 112 Å². The summed E-state index contributed by atoms with van der Waals surface area (Å²) in [7, 11) is 0. The van der Waals surface area contributed by atoms with Crippen molar-refractivity contribution in [3.63, 3.8) is 0 Å². The Hall–Kier alpha value is -1.79. The molecule has 0 saturated carbocycles. The summed E-state index contributed by atoms with van der Waals surface area (Å²) >= 11 is 0. The molecule has 0 atom stereocenters. The highest BCUT2D eigenvalue weighted by Gasteiger charge is 2.00. The van der Waals surface area contributed by atoms with Crippen molar-refractivity contribution in [3.05, 3.63) is 42.0 Å². The van der Waals surface area contributed by atoms with E-state index in [4.69, 9.17) is 5.11 Å². The lowest BCUT2D eigenvalue weighted by Crippen LogP contribution is -2.17. The van der Waals surface area contributed by atoms with E-state index in [-0.39, 0.29) is 6.61 Å². The predicted octanol–water partition coefficient (Wildman–Crippen LogP) is 0.388. The highest BCUT2D eigenvalue weighted by atomic mass is 16.3. The molecule has 0 aromatic carbocycles. The van der Waals surface area contributed by atoms with Crippen LogP contribution in [0.2, 0.25) is 0 Å². The van der Waals surface area contributed by atoms with Gasteiger partial charge in [0.15, 0.2) is 0 Å². The van der Waals surface area contributed by atoms with Gasteiger partial charge in [0.25, 0.3) is 0 Å². The molecule has 0 amide bonds. The Morgan fingerprint density at radius 1 is 1.26 bits per heavy atom. The van der Waals surface area contributed by atoms with Gasteiger partial charge in [-0.25, -0.2) is 0 Å². The van der Waals surface area contributed by atoms with E-state index in [0.29, 0.717) is 19.5 Å². The van der Waals surface area contributed by atoms with Crippen LogP contribution in [0.5, 0.6) is 0 Å². The summed E-state index contributed by atoms with van der Waals surface area (Å²) in [6.07, 6.45) is 5.32. The summed E-state index contributed by atoms with van der Waals surface area (Å²) in [5.41, 5.74) is 2.00. The van der Waals surface area contributed by atoms with E-state index in [1.807, 2.05) is 30.6 Å². The number of nitrogens with one attached hydrogen (secondary N) is 1. The lowest BCUT2D eigenvalue weighted by molar-refractivity contribution is 0.276. The van der Waals surface area contributed by atoms with Gasteiger partial charge in [0.2, 0.25) is 0 Å². The van der Waals surface area contributed by atoms with Gasteiger partial charge in [0.1, 0.15) is 0 Å². The molecule has 2 heterocycles. The minimum absolute atomic E-state index is 0.178. The average molecular weight is 261 g/mol. The molecule has 6 nitrogen and oxygen atoms in total. The van der Waals surface area contributed by atoms with E-state index < -0.39 is 0 Å². The number of aliphatic hydroxyl groups is 1. The molecule has 2 N–H and O–H groups in total. The zero-order valence-electron chi connectivity index (χ0n) is 10.9. The Kier molecular flexibility index (Phi) is 5.46. The Balaban J connectivity index is 1.66. The molecule has 2 aromatic rings. The fourth-order valence-corrected chi connectivity index (χ4v) is 1.74. The summed E-state index contributed by atoms with van der Waals surface area (Å²) in [5.74, 6) is 0. The monoisotopic (exact) mass is 261 g/mol. The van der Waals surface area contributed by atoms with Gasteiger partial charge in [-0.3, -0.25) is 9.67 Å². The fraction of sp³-hybridized carbons (Fsp3) is 0.462. The molecule has 0 radical (unpaired) electrons. The molecule has 6 heteroatoms. The molecule has 0 aliphatic heterocycles. The summed E-state index contributed by atoms with van der Waals surface area (Å²) in [5, 5.41) is 20.1. The van der Waals surface area contributed by atoms with E-state index in [2.05, 4.69) is 20.6 Å². The summed E-state index contributed by atoms with van der Waals surface area (Å²) in [6, 6.07) is 5.93. The average Bonchev–Trinajstić information content (AvgIpc) is 2.90. The highest BCUT2D eigenvalue weighted by molar-refractivity contribution is 5.03. The van der Waals surface area contributed by atoms with Crippen LogP contribution < -0.4 is 5.32 Å². The van der Waals surface area contributed by atoms with Gasteiger partial charge in [0, 0.05) is 50.7 Å². The van der Waals surface area contributed by atoms with Crippen LogP contribution in [0.3, 0.4) is 0 Å². The van der Waals surface area contributed by atoms with Gasteiger partial charge < -0.3 is 10.4 Å². The molecule has 0 spiro atoms. The standard InChI is InChI=1S/C13H19N5O/c19-9-3-8-18-11-13(16-17-18)10-14-7-5-12-4-1-2-6-15-12/h1-2,4,6,11,14,19H,3,5,7-10H2. The maximum Gasteiger partial charge on any atom is 0.0964 e. The second-order valence-electron chi connectivity index (χ2n) is 4.30. The minimum atomic E-state index is 0.178. The zero-order chi connectivity index (χ0) is 13.3. The van der Waals surface area contributed by atoms with E-state index in [0.717, 1.165) is 24.4 Å². The number of hydrogen-bond acceptors (Lipinski definition) is 5. The van der Waals surface area contributed by atoms with Crippen molar-refractivity contribution < 1.29 is 5.11 Å². The van der Waals surface area contributed by atoms with Crippen molar-refractivity contribution in [2.24, 2.45) is 0 Å². The van der Waals surface area contributed by atoms with Crippen LogP contribution in [-0.2, 0) is 19.5 Å². The van der Waals surface area contributed by atoms with Crippen LogP contribution in [0.25, 0.3) is 0 Å². The van der Waals surface area contributed by atoms with Gasteiger partial charge >= 0.3 is 0 Å². The number of aromatic nitrogens is 4. The third-order valence-electron chi connectivity index (χ3n) is 2.72. The first-order chi connectivity index (χ1) is 9.38. The van der Waals surface area contributed by atoms with Crippen molar-refractivity contribution in [1.82, 2.24) is 25.3 Å². The molecule has 0 unspecified atom stereocenters. The first-order valence-corrected chi connectivity index (χ1v) is 6.49. The molecule has 0 saturated heterocycles. The fourth-order valence-electron chi connectivity index (χ4n) is 1.74. The van der Waals surface area contributed by atoms with Gasteiger partial charge in [-0.15, -0.1) is 5.10 Å². The Morgan fingerprint density at radius 3 is 3.00 bits per heavy atom. The summed E-state index contributed by atoms with van der Waals surface area (Å²) < 4.78 is 1.76. The number of rotatable bonds is 8. The first kappa shape index (κ1) is 13.6. The van der Waals surface area contributed by atoms with Gasteiger partial charge in [-0.05, 0) is 18.6 Å². The molecule has 102 valence electrons. The molecular formula is C13H19N5O. The third kappa shape index (κ3) is 4.76. The molecule has 0 aliphatic carbocycles. The Bertz CT molecular complexity index is 471. The lowest BCUT2D eigenvalue weighted by Gasteiger charge is -2.01. The second kappa shape index (κ2) is 7.60. The van der Waals surface area contributed by atoms with E-state index >= 15 is 0 Å². The normalized spacial score (nSPS) is 10.8. The van der Waals surface area contributed by atoms with Crippen LogP contribution in [0.15, 0.2) is 30.6 Å². The predicted molar refractivity (Wildman–Crippen MR) is 71.4 cm³/mol. The SMILES string of the molecule is OCCCn1cc(CNCCc2ccccn2)nn1. The molecule has 0 fully saturated rings. The second-order valence-corrected chi connectivity index (χ2v) is 4.30. The minimum Gasteiger partial charge on any atom is -0.396 e. The maximum atomic E-state index is 8.74. The smallest absolute Gasteiger partial charge is 0.0964 e. The number of pyridine rings is 1. The molecule has 0 aliphatic rings. The number of aryl methyl sites for hydroxylation is 1. The van der Waals surface area contributed by atoms with Crippen LogP contribution in [-0.4, -0.2) is 38.2 Å². The molecule has 2 aromatic heterocycles. The lowest BCUT2D eigenvalue weighted by atomic mass is 10.3. The van der Waals surface area contributed by atoms with Crippen LogP contribution in [0.1, 0.15) is 17.8 Å². The van der Waals surface area contributed by atoms with Crippen molar-refractivity contribution in [2.75, 3.05) is 13.2 Å². The first-order valence-electron chi connectivity index (χ1n) is 6.49. The van der Waals surface area contributed by atoms with E-state index in [1.165, 1.54) is 0 Å². The highest BCUT2D eigenvalue weighted by Crippen LogP contribution is 1.96. The van der Waals surface area contributed by atoms with Crippen LogP contribution >= 0.6 is 0 Å². The van der Waals surface area contributed by atoms with Crippen molar-refractivity contribution in [1.29, 1.82) is 0 Å². The Morgan fingerprint density at radius 2 is 2.21 bits per heavy atom.